The fraction of sp³-hybridized carbons (Fsp3) is 0.300. The lowest BCUT2D eigenvalue weighted by Gasteiger charge is -2.07. The molecule has 0 aromatic carbocycles. The number of hydrogen-bond acceptors (Lipinski definition) is 5. The summed E-state index contributed by atoms with van der Waals surface area (Å²) < 4.78 is 4.81. The number of carbonyl (C=O) groups excluding carboxylic acids is 1. The standard InChI is InChI=1S/C10H12N2O4/c1-2-16-10(15)7-4-3-5-11-9(7)12-6-8(13)14/h3-5H,2,6H2,1H3,(H,11,12)(H,13,14). The Kier molecular flexibility index (Phi) is 4.26. The summed E-state index contributed by atoms with van der Waals surface area (Å²) in [6, 6.07) is 3.10. The Morgan fingerprint density at radius 3 is 2.94 bits per heavy atom. The Bertz CT molecular complexity index is 392. The van der Waals surface area contributed by atoms with E-state index in [-0.39, 0.29) is 24.5 Å². The van der Waals surface area contributed by atoms with Gasteiger partial charge in [0.2, 0.25) is 0 Å². The largest absolute Gasteiger partial charge is 0.480 e. The molecule has 0 saturated heterocycles. The summed E-state index contributed by atoms with van der Waals surface area (Å²) in [5.74, 6) is -1.34. The maximum Gasteiger partial charge on any atom is 0.341 e. The highest BCUT2D eigenvalue weighted by molar-refractivity contribution is 5.94. The van der Waals surface area contributed by atoms with E-state index >= 15 is 0 Å². The number of nitrogens with one attached hydrogen (secondary N) is 1. The second-order valence-electron chi connectivity index (χ2n) is 2.87. The molecule has 1 aromatic heterocycles. The number of carboxylic acids is 1. The van der Waals surface area contributed by atoms with Gasteiger partial charge in [0.15, 0.2) is 0 Å². The van der Waals surface area contributed by atoms with Crippen LogP contribution in [0.2, 0.25) is 0 Å². The quantitative estimate of drug-likeness (QED) is 0.717. The van der Waals surface area contributed by atoms with Crippen molar-refractivity contribution in [2.24, 2.45) is 0 Å². The van der Waals surface area contributed by atoms with Gasteiger partial charge in [-0.05, 0) is 19.1 Å². The topological polar surface area (TPSA) is 88.5 Å². The molecule has 1 aromatic rings. The first kappa shape index (κ1) is 12.0. The number of rotatable bonds is 5. The van der Waals surface area contributed by atoms with Crippen LogP contribution in [-0.4, -0.2) is 35.2 Å². The maximum atomic E-state index is 11.5. The summed E-state index contributed by atoms with van der Waals surface area (Å²) in [5.41, 5.74) is 0.227. The zero-order valence-electron chi connectivity index (χ0n) is 8.77. The van der Waals surface area contributed by atoms with Crippen molar-refractivity contribution in [3.05, 3.63) is 23.9 Å². The molecule has 86 valence electrons. The Morgan fingerprint density at radius 2 is 2.31 bits per heavy atom. The van der Waals surface area contributed by atoms with E-state index in [1.807, 2.05) is 0 Å². The van der Waals surface area contributed by atoms with Crippen molar-refractivity contribution in [2.45, 2.75) is 6.92 Å². The number of aliphatic carboxylic acids is 1. The molecule has 0 aliphatic heterocycles. The van der Waals surface area contributed by atoms with E-state index in [9.17, 15) is 9.59 Å². The van der Waals surface area contributed by atoms with Crippen LogP contribution in [0, 0.1) is 0 Å². The molecule has 0 radical (unpaired) electrons. The fourth-order valence-corrected chi connectivity index (χ4v) is 1.08. The highest BCUT2D eigenvalue weighted by Gasteiger charge is 2.13. The highest BCUT2D eigenvalue weighted by atomic mass is 16.5. The molecule has 0 fully saturated rings. The number of esters is 1. The van der Waals surface area contributed by atoms with Crippen molar-refractivity contribution in [3.8, 4) is 0 Å². The fourth-order valence-electron chi connectivity index (χ4n) is 1.08. The van der Waals surface area contributed by atoms with Gasteiger partial charge in [-0.25, -0.2) is 9.78 Å². The average molecular weight is 224 g/mol. The molecule has 0 bridgehead atoms. The second-order valence-corrected chi connectivity index (χ2v) is 2.87. The van der Waals surface area contributed by atoms with Gasteiger partial charge in [0.05, 0.1) is 6.61 Å². The highest BCUT2D eigenvalue weighted by Crippen LogP contribution is 2.12. The second kappa shape index (κ2) is 5.69. The molecular weight excluding hydrogens is 212 g/mol. The van der Waals surface area contributed by atoms with Crippen LogP contribution in [0.5, 0.6) is 0 Å². The number of ether oxygens (including phenoxy) is 1. The van der Waals surface area contributed by atoms with Gasteiger partial charge in [0.25, 0.3) is 0 Å². The van der Waals surface area contributed by atoms with Gasteiger partial charge in [-0.2, -0.15) is 0 Å². The average Bonchev–Trinajstić information content (AvgIpc) is 2.27. The first-order chi connectivity index (χ1) is 7.65. The van der Waals surface area contributed by atoms with Crippen molar-refractivity contribution < 1.29 is 19.4 Å². The molecule has 0 saturated carbocycles. The Labute approximate surface area is 92.3 Å². The summed E-state index contributed by atoms with van der Waals surface area (Å²) >= 11 is 0. The Hall–Kier alpha value is -2.11. The minimum absolute atomic E-state index is 0.211. The zero-order chi connectivity index (χ0) is 12.0. The molecule has 16 heavy (non-hydrogen) atoms. The van der Waals surface area contributed by atoms with Crippen molar-refractivity contribution in [3.63, 3.8) is 0 Å². The van der Waals surface area contributed by atoms with E-state index in [0.717, 1.165) is 0 Å². The van der Waals surface area contributed by atoms with Gasteiger partial charge in [-0.1, -0.05) is 0 Å². The monoisotopic (exact) mass is 224 g/mol. The van der Waals surface area contributed by atoms with Gasteiger partial charge in [0.1, 0.15) is 17.9 Å². The lowest BCUT2D eigenvalue weighted by molar-refractivity contribution is -0.134. The van der Waals surface area contributed by atoms with E-state index in [0.29, 0.717) is 0 Å². The van der Waals surface area contributed by atoms with Crippen molar-refractivity contribution in [2.75, 3.05) is 18.5 Å². The number of hydrogen-bond donors (Lipinski definition) is 2. The number of pyridine rings is 1. The molecule has 0 amide bonds. The molecule has 0 spiro atoms. The maximum absolute atomic E-state index is 11.5. The van der Waals surface area contributed by atoms with Gasteiger partial charge >= 0.3 is 11.9 Å². The predicted molar refractivity (Wildman–Crippen MR) is 56.3 cm³/mol. The van der Waals surface area contributed by atoms with E-state index in [1.165, 1.54) is 12.3 Å². The smallest absolute Gasteiger partial charge is 0.341 e. The predicted octanol–water partition coefficient (Wildman–Crippen LogP) is 0.755. The van der Waals surface area contributed by atoms with Crippen LogP contribution < -0.4 is 5.32 Å². The number of carboxylic acid groups (broad SMARTS) is 1. The third-order valence-electron chi connectivity index (χ3n) is 1.71. The SMILES string of the molecule is CCOC(=O)c1cccnc1NCC(=O)O. The van der Waals surface area contributed by atoms with Crippen LogP contribution >= 0.6 is 0 Å². The lowest BCUT2D eigenvalue weighted by Crippen LogP contribution is -2.16. The molecule has 1 heterocycles. The van der Waals surface area contributed by atoms with Crippen LogP contribution in [-0.2, 0) is 9.53 Å². The summed E-state index contributed by atoms with van der Waals surface area (Å²) in [7, 11) is 0. The molecular formula is C10H12N2O4. The molecule has 6 nitrogen and oxygen atoms in total. The zero-order valence-corrected chi connectivity index (χ0v) is 8.77. The minimum atomic E-state index is -1.03. The first-order valence-electron chi connectivity index (χ1n) is 4.73. The van der Waals surface area contributed by atoms with Gasteiger partial charge in [0, 0.05) is 6.20 Å². The van der Waals surface area contributed by atoms with Crippen LogP contribution in [0.1, 0.15) is 17.3 Å². The molecule has 0 aliphatic carbocycles. The van der Waals surface area contributed by atoms with Crippen molar-refractivity contribution in [1.82, 2.24) is 4.98 Å². The normalized spacial score (nSPS) is 9.56. The van der Waals surface area contributed by atoms with Gasteiger partial charge < -0.3 is 15.2 Å². The van der Waals surface area contributed by atoms with Crippen LogP contribution in [0.4, 0.5) is 5.82 Å². The van der Waals surface area contributed by atoms with E-state index in [2.05, 4.69) is 10.3 Å². The number of aromatic nitrogens is 1. The Morgan fingerprint density at radius 1 is 1.56 bits per heavy atom. The van der Waals surface area contributed by atoms with Crippen LogP contribution in [0.25, 0.3) is 0 Å². The van der Waals surface area contributed by atoms with E-state index in [4.69, 9.17) is 9.84 Å². The molecule has 1 rings (SSSR count). The van der Waals surface area contributed by atoms with Crippen LogP contribution in [0.15, 0.2) is 18.3 Å². The summed E-state index contributed by atoms with van der Waals surface area (Å²) in [5, 5.41) is 11.0. The van der Waals surface area contributed by atoms with Crippen LogP contribution in [0.3, 0.4) is 0 Å². The lowest BCUT2D eigenvalue weighted by atomic mass is 10.2. The summed E-state index contributed by atoms with van der Waals surface area (Å²) in [4.78, 5) is 25.7. The minimum Gasteiger partial charge on any atom is -0.480 e. The number of nitrogens with zero attached hydrogens (tertiary/aromatic N) is 1. The molecule has 0 aliphatic rings. The molecule has 0 unspecified atom stereocenters. The van der Waals surface area contributed by atoms with Crippen molar-refractivity contribution in [1.29, 1.82) is 0 Å². The third-order valence-corrected chi connectivity index (χ3v) is 1.71. The first-order valence-corrected chi connectivity index (χ1v) is 4.73. The van der Waals surface area contributed by atoms with Crippen molar-refractivity contribution >= 4 is 17.8 Å². The molecule has 2 N–H and O–H groups in total. The Balaban J connectivity index is 2.82. The van der Waals surface area contributed by atoms with E-state index in [1.54, 1.807) is 13.0 Å². The van der Waals surface area contributed by atoms with E-state index < -0.39 is 11.9 Å². The third kappa shape index (κ3) is 3.23. The number of anilines is 1. The molecule has 0 atom stereocenters. The molecule has 6 heteroatoms. The summed E-state index contributed by atoms with van der Waals surface area (Å²) in [6.45, 7) is 1.65. The summed E-state index contributed by atoms with van der Waals surface area (Å²) in [6.07, 6.45) is 1.47. The number of carbonyl (C=O) groups is 2. The van der Waals surface area contributed by atoms with Gasteiger partial charge in [-0.3, -0.25) is 4.79 Å². The van der Waals surface area contributed by atoms with Gasteiger partial charge in [-0.15, -0.1) is 0 Å².